The maximum absolute atomic E-state index is 9.51. The fraction of sp³-hybridized carbons (Fsp3) is 0.625. The minimum Gasteiger partial charge on any atom is -0.494 e. The molecule has 1 aromatic rings. The number of likely N-dealkylation sites (N-methyl/N-ethyl adjacent to an activating group) is 1. The van der Waals surface area contributed by atoms with Gasteiger partial charge in [0, 0.05) is 18.0 Å². The third-order valence-electron chi connectivity index (χ3n) is 3.14. The maximum Gasteiger partial charge on any atom is 0.123 e. The second kappa shape index (κ2) is 8.12. The van der Waals surface area contributed by atoms with E-state index in [1.165, 1.54) is 0 Å². The van der Waals surface area contributed by atoms with Gasteiger partial charge < -0.3 is 19.9 Å². The van der Waals surface area contributed by atoms with Crippen LogP contribution in [0, 0.1) is 0 Å². The number of aliphatic hydroxyl groups is 1. The summed E-state index contributed by atoms with van der Waals surface area (Å²) >= 11 is 0. The molecule has 2 atom stereocenters. The van der Waals surface area contributed by atoms with Crippen LogP contribution in [0.15, 0.2) is 24.3 Å². The van der Waals surface area contributed by atoms with Crippen LogP contribution in [0.5, 0.6) is 11.5 Å². The molecule has 0 spiro atoms. The van der Waals surface area contributed by atoms with E-state index in [0.717, 1.165) is 24.5 Å². The Hall–Kier alpha value is -1.26. The summed E-state index contributed by atoms with van der Waals surface area (Å²) < 4.78 is 11.4. The van der Waals surface area contributed by atoms with Crippen molar-refractivity contribution in [2.75, 3.05) is 19.8 Å². The number of hydrogen-bond acceptors (Lipinski definition) is 4. The van der Waals surface area contributed by atoms with Crippen molar-refractivity contribution in [1.82, 2.24) is 5.32 Å². The van der Waals surface area contributed by atoms with E-state index >= 15 is 0 Å². The van der Waals surface area contributed by atoms with Crippen molar-refractivity contribution in [1.29, 1.82) is 0 Å². The quantitative estimate of drug-likeness (QED) is 0.730. The molecule has 2 unspecified atom stereocenters. The summed E-state index contributed by atoms with van der Waals surface area (Å²) in [4.78, 5) is 0. The van der Waals surface area contributed by atoms with Crippen LogP contribution < -0.4 is 14.8 Å². The van der Waals surface area contributed by atoms with Gasteiger partial charge in [-0.3, -0.25) is 0 Å². The summed E-state index contributed by atoms with van der Waals surface area (Å²) in [5, 5.41) is 12.8. The van der Waals surface area contributed by atoms with E-state index in [4.69, 9.17) is 9.47 Å². The Morgan fingerprint density at radius 1 is 1.30 bits per heavy atom. The van der Waals surface area contributed by atoms with Crippen LogP contribution in [0.2, 0.25) is 0 Å². The normalized spacial score (nSPS) is 15.4. The average molecular weight is 281 g/mol. The van der Waals surface area contributed by atoms with Crippen LogP contribution in [-0.4, -0.2) is 36.5 Å². The van der Waals surface area contributed by atoms with Gasteiger partial charge in [0.15, 0.2) is 0 Å². The van der Waals surface area contributed by atoms with Crippen LogP contribution in [0.1, 0.15) is 34.1 Å². The molecule has 4 heteroatoms. The van der Waals surface area contributed by atoms with Crippen molar-refractivity contribution >= 4 is 0 Å². The van der Waals surface area contributed by atoms with Gasteiger partial charge in [-0.15, -0.1) is 0 Å². The lowest BCUT2D eigenvalue weighted by Crippen LogP contribution is -2.48. The summed E-state index contributed by atoms with van der Waals surface area (Å²) in [6.07, 6.45) is 0.735. The number of nitrogens with one attached hydrogen (secondary N) is 1. The molecule has 0 heterocycles. The monoisotopic (exact) mass is 281 g/mol. The summed E-state index contributed by atoms with van der Waals surface area (Å²) in [5.74, 6) is 1.61. The second-order valence-electron chi connectivity index (χ2n) is 5.29. The van der Waals surface area contributed by atoms with Crippen molar-refractivity contribution in [3.8, 4) is 11.5 Å². The van der Waals surface area contributed by atoms with Gasteiger partial charge in [0.1, 0.15) is 11.5 Å². The number of ether oxygens (including phenoxy) is 2. The summed E-state index contributed by atoms with van der Waals surface area (Å²) in [6.45, 7) is 9.56. The van der Waals surface area contributed by atoms with Crippen LogP contribution >= 0.6 is 0 Å². The Kier molecular flexibility index (Phi) is 6.82. The molecule has 0 saturated carbocycles. The Labute approximate surface area is 122 Å². The minimum atomic E-state index is -0.314. The van der Waals surface area contributed by atoms with E-state index in [0.29, 0.717) is 6.61 Å². The molecule has 114 valence electrons. The third kappa shape index (κ3) is 5.39. The smallest absolute Gasteiger partial charge is 0.123 e. The standard InChI is InChI=1S/C16H27NO3/c1-5-17-16(4,12-18)11-13(3)20-15-9-7-8-14(10-15)19-6-2/h7-10,13,17-18H,5-6,11-12H2,1-4H3. The van der Waals surface area contributed by atoms with Gasteiger partial charge in [-0.1, -0.05) is 13.0 Å². The highest BCUT2D eigenvalue weighted by Crippen LogP contribution is 2.22. The van der Waals surface area contributed by atoms with Crippen molar-refractivity contribution in [3.63, 3.8) is 0 Å². The van der Waals surface area contributed by atoms with E-state index in [-0.39, 0.29) is 18.2 Å². The predicted octanol–water partition coefficient (Wildman–Crippen LogP) is 2.60. The van der Waals surface area contributed by atoms with E-state index in [2.05, 4.69) is 5.32 Å². The first-order valence-corrected chi connectivity index (χ1v) is 7.28. The van der Waals surface area contributed by atoms with Crippen LogP contribution in [-0.2, 0) is 0 Å². The van der Waals surface area contributed by atoms with E-state index in [1.54, 1.807) is 0 Å². The zero-order valence-corrected chi connectivity index (χ0v) is 13.0. The Bertz CT molecular complexity index is 397. The van der Waals surface area contributed by atoms with Crippen molar-refractivity contribution in [2.45, 2.75) is 45.8 Å². The van der Waals surface area contributed by atoms with Gasteiger partial charge in [-0.2, -0.15) is 0 Å². The van der Waals surface area contributed by atoms with E-state index < -0.39 is 0 Å². The van der Waals surface area contributed by atoms with Gasteiger partial charge in [0.25, 0.3) is 0 Å². The molecular formula is C16H27NO3. The van der Waals surface area contributed by atoms with Crippen molar-refractivity contribution in [3.05, 3.63) is 24.3 Å². The highest BCUT2D eigenvalue weighted by molar-refractivity contribution is 5.33. The molecule has 0 bridgehead atoms. The third-order valence-corrected chi connectivity index (χ3v) is 3.14. The number of rotatable bonds is 9. The van der Waals surface area contributed by atoms with E-state index in [9.17, 15) is 5.11 Å². The highest BCUT2D eigenvalue weighted by atomic mass is 16.5. The molecule has 4 nitrogen and oxygen atoms in total. The van der Waals surface area contributed by atoms with E-state index in [1.807, 2.05) is 52.0 Å². The SMILES string of the molecule is CCNC(C)(CO)CC(C)Oc1cccc(OCC)c1. The lowest BCUT2D eigenvalue weighted by atomic mass is 9.95. The molecule has 0 fully saturated rings. The molecule has 0 aliphatic carbocycles. The molecule has 0 aliphatic heterocycles. The zero-order valence-electron chi connectivity index (χ0n) is 13.0. The fourth-order valence-electron chi connectivity index (χ4n) is 2.33. The largest absolute Gasteiger partial charge is 0.494 e. The number of benzene rings is 1. The first kappa shape index (κ1) is 16.8. The molecule has 0 saturated heterocycles. The van der Waals surface area contributed by atoms with Crippen molar-refractivity contribution in [2.24, 2.45) is 0 Å². The van der Waals surface area contributed by atoms with Crippen LogP contribution in [0.4, 0.5) is 0 Å². The molecule has 2 N–H and O–H groups in total. The van der Waals surface area contributed by atoms with Crippen LogP contribution in [0.25, 0.3) is 0 Å². The number of hydrogen-bond donors (Lipinski definition) is 2. The molecule has 0 aliphatic rings. The van der Waals surface area contributed by atoms with Gasteiger partial charge in [-0.25, -0.2) is 0 Å². The summed E-state index contributed by atoms with van der Waals surface area (Å²) in [6, 6.07) is 7.65. The summed E-state index contributed by atoms with van der Waals surface area (Å²) in [5.41, 5.74) is -0.314. The molecule has 1 rings (SSSR count). The molecule has 0 radical (unpaired) electrons. The Balaban J connectivity index is 2.61. The van der Waals surface area contributed by atoms with Crippen molar-refractivity contribution < 1.29 is 14.6 Å². The van der Waals surface area contributed by atoms with Gasteiger partial charge in [0.2, 0.25) is 0 Å². The summed E-state index contributed by atoms with van der Waals surface area (Å²) in [7, 11) is 0. The average Bonchev–Trinajstić information content (AvgIpc) is 2.39. The number of aliphatic hydroxyl groups excluding tert-OH is 1. The first-order valence-electron chi connectivity index (χ1n) is 7.28. The first-order chi connectivity index (χ1) is 9.53. The minimum absolute atomic E-state index is 0.00285. The molecular weight excluding hydrogens is 254 g/mol. The maximum atomic E-state index is 9.51. The Morgan fingerprint density at radius 3 is 2.60 bits per heavy atom. The highest BCUT2D eigenvalue weighted by Gasteiger charge is 2.25. The van der Waals surface area contributed by atoms with Gasteiger partial charge in [0.05, 0.1) is 19.3 Å². The molecule has 1 aromatic carbocycles. The molecule has 20 heavy (non-hydrogen) atoms. The van der Waals surface area contributed by atoms with Crippen LogP contribution in [0.3, 0.4) is 0 Å². The topological polar surface area (TPSA) is 50.7 Å². The molecule has 0 amide bonds. The second-order valence-corrected chi connectivity index (χ2v) is 5.29. The molecule has 0 aromatic heterocycles. The Morgan fingerprint density at radius 2 is 2.00 bits per heavy atom. The fourth-order valence-corrected chi connectivity index (χ4v) is 2.33. The lowest BCUT2D eigenvalue weighted by Gasteiger charge is -2.31. The van der Waals surface area contributed by atoms with Gasteiger partial charge in [-0.05, 0) is 39.4 Å². The van der Waals surface area contributed by atoms with Gasteiger partial charge >= 0.3 is 0 Å². The predicted molar refractivity (Wildman–Crippen MR) is 81.5 cm³/mol. The zero-order chi connectivity index (χ0) is 15.0. The lowest BCUT2D eigenvalue weighted by molar-refractivity contribution is 0.111.